The van der Waals surface area contributed by atoms with E-state index in [2.05, 4.69) is 30.9 Å². The summed E-state index contributed by atoms with van der Waals surface area (Å²) in [6.07, 6.45) is 2.94. The summed E-state index contributed by atoms with van der Waals surface area (Å²) in [5, 5.41) is 3.99. The van der Waals surface area contributed by atoms with Gasteiger partial charge in [-0.2, -0.15) is 4.98 Å². The molecule has 2 N–H and O–H groups in total. The van der Waals surface area contributed by atoms with Crippen molar-refractivity contribution in [3.63, 3.8) is 0 Å². The van der Waals surface area contributed by atoms with Crippen LogP contribution in [0, 0.1) is 5.92 Å². The van der Waals surface area contributed by atoms with E-state index < -0.39 is 0 Å². The summed E-state index contributed by atoms with van der Waals surface area (Å²) in [7, 11) is 0. The minimum Gasteiger partial charge on any atom is -0.370 e. The predicted octanol–water partition coefficient (Wildman–Crippen LogP) is 2.99. The summed E-state index contributed by atoms with van der Waals surface area (Å²) < 4.78 is 10.9. The van der Waals surface area contributed by atoms with Gasteiger partial charge in [-0.05, 0) is 19.3 Å². The molecule has 0 aliphatic rings. The van der Waals surface area contributed by atoms with Crippen LogP contribution in [0.3, 0.4) is 0 Å². The Morgan fingerprint density at radius 3 is 2.61 bits per heavy atom. The van der Waals surface area contributed by atoms with Gasteiger partial charge in [-0.1, -0.05) is 38.8 Å². The number of hydrogen-bond donors (Lipinski definition) is 1. The highest BCUT2D eigenvalue weighted by atomic mass is 16.5. The van der Waals surface area contributed by atoms with Crippen molar-refractivity contribution in [3.05, 3.63) is 11.7 Å². The molecule has 1 aromatic rings. The van der Waals surface area contributed by atoms with Crippen molar-refractivity contribution in [2.45, 2.75) is 59.1 Å². The van der Waals surface area contributed by atoms with Gasteiger partial charge in [0.25, 0.3) is 0 Å². The third-order valence-electron chi connectivity index (χ3n) is 2.85. The van der Waals surface area contributed by atoms with E-state index in [1.165, 1.54) is 0 Å². The molecule has 1 heterocycles. The Bertz CT molecular complexity index is 339. The van der Waals surface area contributed by atoms with E-state index in [1.807, 2.05) is 6.92 Å². The number of aromatic nitrogens is 2. The number of rotatable bonds is 8. The van der Waals surface area contributed by atoms with Crippen LogP contribution in [0.15, 0.2) is 4.52 Å². The van der Waals surface area contributed by atoms with Gasteiger partial charge >= 0.3 is 0 Å². The molecular weight excluding hydrogens is 230 g/mol. The van der Waals surface area contributed by atoms with E-state index >= 15 is 0 Å². The number of nitrogens with zero attached hydrogens (tertiary/aromatic N) is 2. The summed E-state index contributed by atoms with van der Waals surface area (Å²) in [5.74, 6) is 1.43. The fourth-order valence-electron chi connectivity index (χ4n) is 1.81. The lowest BCUT2D eigenvalue weighted by atomic mass is 10.1. The Labute approximate surface area is 109 Å². The van der Waals surface area contributed by atoms with Gasteiger partial charge in [0.2, 0.25) is 11.7 Å². The average Bonchev–Trinajstić information content (AvgIpc) is 2.81. The first-order chi connectivity index (χ1) is 8.60. The molecule has 0 saturated heterocycles. The lowest BCUT2D eigenvalue weighted by molar-refractivity contribution is 0.0217. The normalized spacial score (nSPS) is 15.0. The maximum Gasteiger partial charge on any atom is 0.243 e. The van der Waals surface area contributed by atoms with Crippen LogP contribution in [0.5, 0.6) is 0 Å². The number of nitrogens with two attached hydrogens (primary N) is 1. The van der Waals surface area contributed by atoms with Crippen molar-refractivity contribution in [2.75, 3.05) is 6.61 Å². The van der Waals surface area contributed by atoms with Gasteiger partial charge in [0.05, 0.1) is 6.04 Å². The van der Waals surface area contributed by atoms with Gasteiger partial charge in [0.1, 0.15) is 6.10 Å². The van der Waals surface area contributed by atoms with Crippen molar-refractivity contribution in [1.29, 1.82) is 0 Å². The number of ether oxygens (including phenoxy) is 1. The van der Waals surface area contributed by atoms with Crippen LogP contribution in [-0.2, 0) is 4.74 Å². The molecule has 0 fully saturated rings. The van der Waals surface area contributed by atoms with E-state index in [0.29, 0.717) is 24.2 Å². The van der Waals surface area contributed by atoms with Gasteiger partial charge < -0.3 is 15.0 Å². The molecule has 104 valence electrons. The quantitative estimate of drug-likeness (QED) is 0.773. The van der Waals surface area contributed by atoms with Gasteiger partial charge in [-0.15, -0.1) is 0 Å². The van der Waals surface area contributed by atoms with Gasteiger partial charge in [-0.25, -0.2) is 0 Å². The van der Waals surface area contributed by atoms with E-state index in [-0.39, 0.29) is 12.1 Å². The lowest BCUT2D eigenvalue weighted by Gasteiger charge is -2.16. The Morgan fingerprint density at radius 1 is 1.33 bits per heavy atom. The van der Waals surface area contributed by atoms with Crippen LogP contribution in [0.4, 0.5) is 0 Å². The summed E-state index contributed by atoms with van der Waals surface area (Å²) in [6, 6.07) is -0.166. The highest BCUT2D eigenvalue weighted by Crippen LogP contribution is 2.25. The minimum absolute atomic E-state index is 0.120. The molecule has 1 rings (SSSR count). The summed E-state index contributed by atoms with van der Waals surface area (Å²) in [5.41, 5.74) is 6.01. The van der Waals surface area contributed by atoms with E-state index in [4.69, 9.17) is 15.0 Å². The molecule has 0 radical (unpaired) electrons. The fourth-order valence-corrected chi connectivity index (χ4v) is 1.81. The highest BCUT2D eigenvalue weighted by Gasteiger charge is 2.23. The molecule has 0 saturated carbocycles. The Balaban J connectivity index is 2.71. The second kappa shape index (κ2) is 7.48. The molecule has 0 aliphatic heterocycles. The molecular formula is C13H25N3O2. The van der Waals surface area contributed by atoms with Crippen molar-refractivity contribution in [2.24, 2.45) is 11.7 Å². The lowest BCUT2D eigenvalue weighted by Crippen LogP contribution is -2.14. The largest absolute Gasteiger partial charge is 0.370 e. The molecule has 2 atom stereocenters. The summed E-state index contributed by atoms with van der Waals surface area (Å²) in [4.78, 5) is 4.38. The van der Waals surface area contributed by atoms with Crippen molar-refractivity contribution in [1.82, 2.24) is 10.1 Å². The molecule has 5 nitrogen and oxygen atoms in total. The summed E-state index contributed by atoms with van der Waals surface area (Å²) >= 11 is 0. The first-order valence-electron chi connectivity index (χ1n) is 6.80. The zero-order valence-corrected chi connectivity index (χ0v) is 11.8. The van der Waals surface area contributed by atoms with Crippen LogP contribution >= 0.6 is 0 Å². The standard InChI is InChI=1S/C13H25N3O2/c1-5-7-8-10(14)13-15-12(16-18-13)11(9(3)4)17-6-2/h9-11H,5-8,14H2,1-4H3/t10-,11?/m0/s1. The predicted molar refractivity (Wildman–Crippen MR) is 70.0 cm³/mol. The van der Waals surface area contributed by atoms with E-state index in [9.17, 15) is 0 Å². The molecule has 1 unspecified atom stereocenters. The average molecular weight is 255 g/mol. The van der Waals surface area contributed by atoms with Crippen molar-refractivity contribution in [3.8, 4) is 0 Å². The van der Waals surface area contributed by atoms with Crippen LogP contribution in [0.1, 0.15) is 70.8 Å². The van der Waals surface area contributed by atoms with E-state index in [1.54, 1.807) is 0 Å². The third-order valence-corrected chi connectivity index (χ3v) is 2.85. The Kier molecular flexibility index (Phi) is 6.29. The minimum atomic E-state index is -0.166. The first-order valence-corrected chi connectivity index (χ1v) is 6.80. The second-order valence-electron chi connectivity index (χ2n) is 4.86. The first kappa shape index (κ1) is 15.1. The number of hydrogen-bond acceptors (Lipinski definition) is 5. The molecule has 0 amide bonds. The van der Waals surface area contributed by atoms with E-state index in [0.717, 1.165) is 19.3 Å². The van der Waals surface area contributed by atoms with Crippen LogP contribution in [-0.4, -0.2) is 16.7 Å². The van der Waals surface area contributed by atoms with Gasteiger partial charge in [0, 0.05) is 6.61 Å². The Morgan fingerprint density at radius 2 is 2.06 bits per heavy atom. The third kappa shape index (κ3) is 4.07. The van der Waals surface area contributed by atoms with Crippen LogP contribution < -0.4 is 5.73 Å². The molecule has 0 aliphatic carbocycles. The molecule has 5 heteroatoms. The zero-order valence-electron chi connectivity index (χ0n) is 11.8. The van der Waals surface area contributed by atoms with Crippen LogP contribution in [0.2, 0.25) is 0 Å². The molecule has 1 aromatic heterocycles. The Hall–Kier alpha value is -0.940. The topological polar surface area (TPSA) is 74.2 Å². The molecule has 0 bridgehead atoms. The van der Waals surface area contributed by atoms with Crippen molar-refractivity contribution >= 4 is 0 Å². The zero-order chi connectivity index (χ0) is 13.5. The maximum absolute atomic E-state index is 6.01. The summed E-state index contributed by atoms with van der Waals surface area (Å²) in [6.45, 7) is 8.88. The maximum atomic E-state index is 6.01. The highest BCUT2D eigenvalue weighted by molar-refractivity contribution is 4.96. The fraction of sp³-hybridized carbons (Fsp3) is 0.846. The van der Waals surface area contributed by atoms with Crippen molar-refractivity contribution < 1.29 is 9.26 Å². The smallest absolute Gasteiger partial charge is 0.243 e. The van der Waals surface area contributed by atoms with Crippen LogP contribution in [0.25, 0.3) is 0 Å². The SMILES string of the molecule is CCCC[C@H](N)c1nc(C(OCC)C(C)C)no1. The molecule has 0 spiro atoms. The second-order valence-corrected chi connectivity index (χ2v) is 4.86. The molecule has 0 aromatic carbocycles. The van der Waals surface area contributed by atoms with Gasteiger partial charge in [0.15, 0.2) is 0 Å². The molecule has 18 heavy (non-hydrogen) atoms. The van der Waals surface area contributed by atoms with Gasteiger partial charge in [-0.3, -0.25) is 0 Å². The number of unbranched alkanes of at least 4 members (excludes halogenated alkanes) is 1. The monoisotopic (exact) mass is 255 g/mol.